The third-order valence-electron chi connectivity index (χ3n) is 1.27. The minimum Gasteiger partial charge on any atom is -0.320 e. The molecular formula is C9H10N2. The molecule has 0 aliphatic rings. The van der Waals surface area contributed by atoms with E-state index in [4.69, 9.17) is 5.73 Å². The fraction of sp³-hybridized carbons (Fsp3) is 0.222. The van der Waals surface area contributed by atoms with Gasteiger partial charge in [-0.05, 0) is 17.7 Å². The topological polar surface area (TPSA) is 38.9 Å². The van der Waals surface area contributed by atoms with Gasteiger partial charge in [-0.3, -0.25) is 4.98 Å². The van der Waals surface area contributed by atoms with E-state index in [1.165, 1.54) is 5.56 Å². The summed E-state index contributed by atoms with van der Waals surface area (Å²) in [6.45, 7) is 0.436. The molecule has 1 aromatic heterocycles. The molecule has 0 spiro atoms. The lowest BCUT2D eigenvalue weighted by Gasteiger charge is -1.89. The van der Waals surface area contributed by atoms with Gasteiger partial charge in [-0.2, -0.15) is 0 Å². The molecule has 0 aromatic carbocycles. The summed E-state index contributed by atoms with van der Waals surface area (Å²) in [7, 11) is 0. The first-order chi connectivity index (χ1) is 5.43. The van der Waals surface area contributed by atoms with Crippen LogP contribution in [0.4, 0.5) is 0 Å². The maximum Gasteiger partial charge on any atom is 0.0551 e. The molecule has 11 heavy (non-hydrogen) atoms. The Morgan fingerprint density at radius 3 is 2.64 bits per heavy atom. The Balaban J connectivity index is 2.52. The molecule has 0 unspecified atom stereocenters. The zero-order chi connectivity index (χ0) is 7.94. The van der Waals surface area contributed by atoms with E-state index in [0.717, 1.165) is 6.42 Å². The second-order valence-electron chi connectivity index (χ2n) is 2.09. The van der Waals surface area contributed by atoms with E-state index in [0.29, 0.717) is 6.54 Å². The van der Waals surface area contributed by atoms with Gasteiger partial charge in [0.15, 0.2) is 0 Å². The van der Waals surface area contributed by atoms with Crippen molar-refractivity contribution in [3.8, 4) is 11.8 Å². The van der Waals surface area contributed by atoms with Crippen LogP contribution >= 0.6 is 0 Å². The molecule has 0 saturated heterocycles. The van der Waals surface area contributed by atoms with Crippen molar-refractivity contribution in [2.24, 2.45) is 5.73 Å². The van der Waals surface area contributed by atoms with Crippen molar-refractivity contribution in [3.63, 3.8) is 0 Å². The Morgan fingerprint density at radius 2 is 2.00 bits per heavy atom. The van der Waals surface area contributed by atoms with Crippen molar-refractivity contribution in [1.82, 2.24) is 4.98 Å². The van der Waals surface area contributed by atoms with E-state index < -0.39 is 0 Å². The second-order valence-corrected chi connectivity index (χ2v) is 2.09. The van der Waals surface area contributed by atoms with Gasteiger partial charge in [-0.15, -0.1) is 0 Å². The third-order valence-corrected chi connectivity index (χ3v) is 1.27. The van der Waals surface area contributed by atoms with Crippen molar-refractivity contribution in [1.29, 1.82) is 0 Å². The van der Waals surface area contributed by atoms with E-state index in [2.05, 4.69) is 16.8 Å². The van der Waals surface area contributed by atoms with Gasteiger partial charge in [0.2, 0.25) is 0 Å². The Kier molecular flexibility index (Phi) is 3.17. The Labute approximate surface area is 66.4 Å². The fourth-order valence-corrected chi connectivity index (χ4v) is 0.737. The van der Waals surface area contributed by atoms with Crippen LogP contribution in [0.25, 0.3) is 0 Å². The van der Waals surface area contributed by atoms with Crippen molar-refractivity contribution in [3.05, 3.63) is 30.1 Å². The Hall–Kier alpha value is -1.33. The van der Waals surface area contributed by atoms with Gasteiger partial charge in [0.05, 0.1) is 6.54 Å². The molecule has 0 bridgehead atoms. The van der Waals surface area contributed by atoms with Gasteiger partial charge in [0, 0.05) is 18.8 Å². The van der Waals surface area contributed by atoms with Crippen LogP contribution in [0.2, 0.25) is 0 Å². The summed E-state index contributed by atoms with van der Waals surface area (Å²) in [6.07, 6.45) is 4.29. The molecule has 2 heteroatoms. The number of nitrogens with zero attached hydrogens (tertiary/aromatic N) is 1. The minimum atomic E-state index is 0.436. The molecule has 1 heterocycles. The van der Waals surface area contributed by atoms with Gasteiger partial charge in [-0.1, -0.05) is 11.8 Å². The monoisotopic (exact) mass is 146 g/mol. The zero-order valence-electron chi connectivity index (χ0n) is 6.25. The molecular weight excluding hydrogens is 136 g/mol. The number of hydrogen-bond donors (Lipinski definition) is 1. The predicted octanol–water partition coefficient (Wildman–Crippen LogP) is 0.586. The lowest BCUT2D eigenvalue weighted by molar-refractivity contribution is 1.23. The molecule has 0 aliphatic heterocycles. The maximum absolute atomic E-state index is 5.21. The van der Waals surface area contributed by atoms with Crippen LogP contribution in [0.3, 0.4) is 0 Å². The molecule has 0 saturated carbocycles. The highest BCUT2D eigenvalue weighted by Gasteiger charge is 1.84. The first kappa shape index (κ1) is 7.77. The van der Waals surface area contributed by atoms with Crippen LogP contribution in [0.5, 0.6) is 0 Å². The van der Waals surface area contributed by atoms with Crippen LogP contribution in [-0.2, 0) is 6.42 Å². The highest BCUT2D eigenvalue weighted by molar-refractivity contribution is 5.17. The number of nitrogens with two attached hydrogens (primary N) is 1. The van der Waals surface area contributed by atoms with Gasteiger partial charge < -0.3 is 5.73 Å². The standard InChI is InChI=1S/C9H10N2/c10-6-2-1-3-9-4-7-11-8-5-9/h4-5,7-8H,3,6,10H2. The van der Waals surface area contributed by atoms with Crippen LogP contribution in [0.15, 0.2) is 24.5 Å². The van der Waals surface area contributed by atoms with Gasteiger partial charge in [0.1, 0.15) is 0 Å². The number of rotatable bonds is 1. The number of pyridine rings is 1. The van der Waals surface area contributed by atoms with E-state index in [1.807, 2.05) is 12.1 Å². The average molecular weight is 146 g/mol. The lowest BCUT2D eigenvalue weighted by atomic mass is 10.2. The van der Waals surface area contributed by atoms with E-state index >= 15 is 0 Å². The summed E-state index contributed by atoms with van der Waals surface area (Å²) < 4.78 is 0. The summed E-state index contributed by atoms with van der Waals surface area (Å²) in [5.41, 5.74) is 6.39. The first-order valence-electron chi connectivity index (χ1n) is 3.48. The van der Waals surface area contributed by atoms with Gasteiger partial charge in [0.25, 0.3) is 0 Å². The smallest absolute Gasteiger partial charge is 0.0551 e. The molecule has 2 N–H and O–H groups in total. The fourth-order valence-electron chi connectivity index (χ4n) is 0.737. The molecule has 0 fully saturated rings. The number of hydrogen-bond acceptors (Lipinski definition) is 2. The minimum absolute atomic E-state index is 0.436. The molecule has 56 valence electrons. The normalized spacial score (nSPS) is 8.45. The highest BCUT2D eigenvalue weighted by atomic mass is 14.6. The maximum atomic E-state index is 5.21. The van der Waals surface area contributed by atoms with Crippen molar-refractivity contribution >= 4 is 0 Å². The summed E-state index contributed by atoms with van der Waals surface area (Å²) in [5, 5.41) is 0. The zero-order valence-corrected chi connectivity index (χ0v) is 6.25. The first-order valence-corrected chi connectivity index (χ1v) is 3.48. The van der Waals surface area contributed by atoms with Gasteiger partial charge >= 0.3 is 0 Å². The highest BCUT2D eigenvalue weighted by Crippen LogP contribution is 1.94. The summed E-state index contributed by atoms with van der Waals surface area (Å²) in [5.74, 6) is 5.75. The Bertz CT molecular complexity index is 256. The molecule has 0 radical (unpaired) electrons. The number of aromatic nitrogens is 1. The van der Waals surface area contributed by atoms with Crippen molar-refractivity contribution < 1.29 is 0 Å². The van der Waals surface area contributed by atoms with Crippen molar-refractivity contribution in [2.75, 3.05) is 6.54 Å². The molecule has 0 aliphatic carbocycles. The average Bonchev–Trinajstić information content (AvgIpc) is 2.07. The third kappa shape index (κ3) is 2.83. The quantitative estimate of drug-likeness (QED) is 0.589. The van der Waals surface area contributed by atoms with Crippen molar-refractivity contribution in [2.45, 2.75) is 6.42 Å². The molecule has 2 nitrogen and oxygen atoms in total. The van der Waals surface area contributed by atoms with E-state index in [1.54, 1.807) is 12.4 Å². The van der Waals surface area contributed by atoms with Crippen LogP contribution < -0.4 is 5.73 Å². The SMILES string of the molecule is NCC#CCc1ccncc1. The second kappa shape index (κ2) is 4.48. The summed E-state index contributed by atoms with van der Waals surface area (Å²) in [6, 6.07) is 3.90. The van der Waals surface area contributed by atoms with E-state index in [9.17, 15) is 0 Å². The largest absolute Gasteiger partial charge is 0.320 e. The van der Waals surface area contributed by atoms with Crippen LogP contribution in [-0.4, -0.2) is 11.5 Å². The summed E-state index contributed by atoms with van der Waals surface area (Å²) >= 11 is 0. The summed E-state index contributed by atoms with van der Waals surface area (Å²) in [4.78, 5) is 3.90. The predicted molar refractivity (Wildman–Crippen MR) is 44.8 cm³/mol. The van der Waals surface area contributed by atoms with Crippen LogP contribution in [0, 0.1) is 11.8 Å². The molecule has 1 rings (SSSR count). The lowest BCUT2D eigenvalue weighted by Crippen LogP contribution is -1.93. The van der Waals surface area contributed by atoms with E-state index in [-0.39, 0.29) is 0 Å². The molecule has 0 atom stereocenters. The molecule has 0 amide bonds. The Morgan fingerprint density at radius 1 is 1.27 bits per heavy atom. The van der Waals surface area contributed by atoms with Crippen LogP contribution in [0.1, 0.15) is 5.56 Å². The van der Waals surface area contributed by atoms with Gasteiger partial charge in [-0.25, -0.2) is 0 Å². The molecule has 1 aromatic rings.